The molecule has 0 N–H and O–H groups in total. The van der Waals surface area contributed by atoms with E-state index < -0.39 is 17.3 Å². The maximum Gasteiger partial charge on any atom is 0.220 e. The van der Waals surface area contributed by atoms with E-state index in [0.29, 0.717) is 5.56 Å². The van der Waals surface area contributed by atoms with Crippen molar-refractivity contribution in [2.75, 3.05) is 0 Å². The van der Waals surface area contributed by atoms with Gasteiger partial charge in [-0.25, -0.2) is 9.55 Å². The molecule has 0 fully saturated rings. The van der Waals surface area contributed by atoms with E-state index in [9.17, 15) is 0 Å². The van der Waals surface area contributed by atoms with Gasteiger partial charge in [0, 0.05) is 8.30 Å². The van der Waals surface area contributed by atoms with Crippen LogP contribution in [-0.4, -0.2) is 14.0 Å². The number of rotatable bonds is 1. The summed E-state index contributed by atoms with van der Waals surface area (Å²) in [6.45, 7) is 12.5. The highest BCUT2D eigenvalue weighted by atomic mass is 15.2. The van der Waals surface area contributed by atoms with E-state index in [0.717, 1.165) is 33.6 Å². The number of benzene rings is 2. The Morgan fingerprint density at radius 2 is 1.84 bits per heavy atom. The molecule has 0 atom stereocenters. The first-order valence-corrected chi connectivity index (χ1v) is 11.3. The molecule has 32 heavy (non-hydrogen) atoms. The minimum atomic E-state index is -1.48. The SMILES string of the molecule is [2H]C([2H])(c1cc2c([n+](C)c1)-c1c(C)ccc3c1n(c1nc4ccccc4n31)C2(C)C)C(C)(C)C. The van der Waals surface area contributed by atoms with Crippen molar-refractivity contribution in [1.29, 1.82) is 0 Å². The summed E-state index contributed by atoms with van der Waals surface area (Å²) in [5.41, 5.74) is 8.85. The lowest BCUT2D eigenvalue weighted by Crippen LogP contribution is -2.41. The van der Waals surface area contributed by atoms with Crippen molar-refractivity contribution in [2.45, 2.75) is 53.5 Å². The van der Waals surface area contributed by atoms with Gasteiger partial charge in [-0.15, -0.1) is 0 Å². The second-order valence-electron chi connectivity index (χ2n) is 10.7. The summed E-state index contributed by atoms with van der Waals surface area (Å²) in [5, 5.41) is 0. The van der Waals surface area contributed by atoms with E-state index in [1.807, 2.05) is 33.0 Å². The van der Waals surface area contributed by atoms with E-state index in [1.54, 1.807) is 0 Å². The Hall–Kier alpha value is -3.14. The molecular weight excluding hydrogens is 392 g/mol. The number of hydrogen-bond donors (Lipinski definition) is 0. The smallest absolute Gasteiger partial charge is 0.220 e. The minimum Gasteiger partial charge on any atom is -0.299 e. The first-order chi connectivity index (χ1) is 15.9. The Balaban J connectivity index is 1.80. The molecule has 5 aromatic rings. The monoisotopic (exact) mass is 425 g/mol. The van der Waals surface area contributed by atoms with Gasteiger partial charge in [0.15, 0.2) is 6.20 Å². The summed E-state index contributed by atoms with van der Waals surface area (Å²) in [6.07, 6.45) is 0.503. The van der Waals surface area contributed by atoms with Crippen LogP contribution in [-0.2, 0) is 19.0 Å². The zero-order chi connectivity index (χ0) is 24.4. The Morgan fingerprint density at radius 1 is 1.09 bits per heavy atom. The van der Waals surface area contributed by atoms with Crippen LogP contribution >= 0.6 is 0 Å². The maximum atomic E-state index is 8.97. The van der Waals surface area contributed by atoms with Gasteiger partial charge in [0.25, 0.3) is 0 Å². The minimum absolute atomic E-state index is 0.428. The van der Waals surface area contributed by atoms with Crippen molar-refractivity contribution in [3.05, 3.63) is 65.4 Å². The van der Waals surface area contributed by atoms with E-state index in [1.165, 1.54) is 16.6 Å². The third-order valence-electron chi connectivity index (χ3n) is 6.79. The van der Waals surface area contributed by atoms with E-state index in [-0.39, 0.29) is 0 Å². The number of hydrogen-bond acceptors (Lipinski definition) is 1. The summed E-state index contributed by atoms with van der Waals surface area (Å²) in [4.78, 5) is 5.07. The molecule has 1 aliphatic heterocycles. The summed E-state index contributed by atoms with van der Waals surface area (Å²) < 4.78 is 24.7. The molecule has 0 radical (unpaired) electrons. The zero-order valence-electron chi connectivity index (χ0n) is 21.9. The largest absolute Gasteiger partial charge is 0.299 e. The van der Waals surface area contributed by atoms with Gasteiger partial charge in [-0.05, 0) is 62.4 Å². The average Bonchev–Trinajstić information content (AvgIpc) is 3.27. The number of imidazole rings is 2. The van der Waals surface area contributed by atoms with Crippen LogP contribution < -0.4 is 4.57 Å². The Morgan fingerprint density at radius 3 is 2.59 bits per heavy atom. The third-order valence-corrected chi connectivity index (χ3v) is 6.79. The second-order valence-corrected chi connectivity index (χ2v) is 10.7. The standard InChI is InChI=1S/C28H31N4/c1-17-12-13-22-25-23(17)24-19(14-18(16-30(24)7)15-27(2,3)4)28(5,6)32(25)26-29-20-10-8-9-11-21(20)31(22)26/h8-14,16H,15H2,1-7H3/q+1/i15D2. The molecule has 2 aromatic carbocycles. The molecule has 0 spiro atoms. The molecular formula is C28H31N4+. The number of nitrogens with zero attached hydrogens (tertiary/aromatic N) is 4. The number of aromatic nitrogens is 4. The lowest BCUT2D eigenvalue weighted by molar-refractivity contribution is -0.661. The Bertz CT molecular complexity index is 1660. The van der Waals surface area contributed by atoms with Crippen LogP contribution in [0.5, 0.6) is 0 Å². The van der Waals surface area contributed by atoms with Gasteiger partial charge in [0.05, 0.1) is 38.7 Å². The van der Waals surface area contributed by atoms with Crippen molar-refractivity contribution in [3.8, 4) is 11.3 Å². The summed E-state index contributed by atoms with van der Waals surface area (Å²) in [5.74, 6) is 0.922. The second kappa shape index (κ2) is 6.00. The van der Waals surface area contributed by atoms with Crippen LogP contribution in [0.2, 0.25) is 0 Å². The molecule has 0 aliphatic carbocycles. The highest BCUT2D eigenvalue weighted by molar-refractivity contribution is 6.01. The molecule has 3 aromatic heterocycles. The molecule has 4 heterocycles. The molecule has 0 amide bonds. The fraction of sp³-hybridized carbons (Fsp3) is 0.357. The number of para-hydroxylation sites is 2. The molecule has 6 rings (SSSR count). The summed E-state index contributed by atoms with van der Waals surface area (Å²) in [6, 6.07) is 14.8. The van der Waals surface area contributed by atoms with Crippen molar-refractivity contribution in [2.24, 2.45) is 12.5 Å². The molecule has 0 saturated carbocycles. The van der Waals surface area contributed by atoms with Gasteiger partial charge < -0.3 is 0 Å². The van der Waals surface area contributed by atoms with Crippen molar-refractivity contribution in [3.63, 3.8) is 0 Å². The van der Waals surface area contributed by atoms with E-state index in [4.69, 9.17) is 7.73 Å². The fourth-order valence-corrected chi connectivity index (χ4v) is 5.54. The molecule has 4 heteroatoms. The van der Waals surface area contributed by atoms with Crippen LogP contribution in [0.25, 0.3) is 39.1 Å². The molecule has 0 saturated heterocycles. The highest BCUT2D eigenvalue weighted by Crippen LogP contribution is 2.47. The highest BCUT2D eigenvalue weighted by Gasteiger charge is 2.42. The van der Waals surface area contributed by atoms with E-state index in [2.05, 4.69) is 77.8 Å². The van der Waals surface area contributed by atoms with Gasteiger partial charge in [0.2, 0.25) is 11.5 Å². The zero-order valence-corrected chi connectivity index (χ0v) is 19.9. The molecule has 0 bridgehead atoms. The topological polar surface area (TPSA) is 26.1 Å². The molecule has 0 unspecified atom stereocenters. The van der Waals surface area contributed by atoms with Crippen LogP contribution in [0, 0.1) is 12.3 Å². The third kappa shape index (κ3) is 2.44. The fourth-order valence-electron chi connectivity index (χ4n) is 5.54. The normalized spacial score (nSPS) is 16.5. The van der Waals surface area contributed by atoms with Crippen molar-refractivity contribution >= 4 is 27.8 Å². The first kappa shape index (κ1) is 17.4. The van der Waals surface area contributed by atoms with Crippen LogP contribution in [0.15, 0.2) is 48.7 Å². The van der Waals surface area contributed by atoms with Gasteiger partial charge in [-0.3, -0.25) is 8.97 Å². The summed E-state index contributed by atoms with van der Waals surface area (Å²) >= 11 is 0. The lowest BCUT2D eigenvalue weighted by Gasteiger charge is -2.34. The van der Waals surface area contributed by atoms with E-state index >= 15 is 0 Å². The van der Waals surface area contributed by atoms with Crippen LogP contribution in [0.3, 0.4) is 0 Å². The molecule has 1 aliphatic rings. The number of pyridine rings is 1. The number of aryl methyl sites for hydroxylation is 2. The van der Waals surface area contributed by atoms with Crippen LogP contribution in [0.1, 0.15) is 54.1 Å². The lowest BCUT2D eigenvalue weighted by atomic mass is 9.81. The molecule has 4 nitrogen and oxygen atoms in total. The predicted molar refractivity (Wildman–Crippen MR) is 131 cm³/mol. The number of fused-ring (bicyclic) bond motifs is 7. The molecule has 162 valence electrons. The van der Waals surface area contributed by atoms with Crippen molar-refractivity contribution in [1.82, 2.24) is 14.0 Å². The average molecular weight is 426 g/mol. The Labute approximate surface area is 191 Å². The summed E-state index contributed by atoms with van der Waals surface area (Å²) in [7, 11) is 2.05. The Kier molecular flexibility index (Phi) is 3.27. The first-order valence-electron chi connectivity index (χ1n) is 12.3. The van der Waals surface area contributed by atoms with Gasteiger partial charge in [-0.2, -0.15) is 0 Å². The van der Waals surface area contributed by atoms with Gasteiger partial charge in [-0.1, -0.05) is 39.0 Å². The predicted octanol–water partition coefficient (Wildman–Crippen LogP) is 5.93. The van der Waals surface area contributed by atoms with Crippen molar-refractivity contribution < 1.29 is 7.31 Å². The van der Waals surface area contributed by atoms with Crippen LogP contribution in [0.4, 0.5) is 0 Å². The maximum absolute atomic E-state index is 8.97. The quantitative estimate of drug-likeness (QED) is 0.306. The van der Waals surface area contributed by atoms with Gasteiger partial charge >= 0.3 is 0 Å². The van der Waals surface area contributed by atoms with Gasteiger partial charge in [0.1, 0.15) is 7.05 Å².